The number of ether oxygens (including phenoxy) is 1. The summed E-state index contributed by atoms with van der Waals surface area (Å²) in [5, 5.41) is 10.5. The molecule has 6 nitrogen and oxygen atoms in total. The molecule has 1 rings (SSSR count). The first kappa shape index (κ1) is 11.7. The monoisotopic (exact) mass is 222 g/mol. The first-order valence-electron chi connectivity index (χ1n) is 4.34. The fraction of sp³-hybridized carbons (Fsp3) is 0.100. The molecule has 16 heavy (non-hydrogen) atoms. The van der Waals surface area contributed by atoms with E-state index in [1.54, 1.807) is 6.07 Å². The molecule has 0 aliphatic heterocycles. The number of non-ortho nitro benzene ring substituents is 1. The molecular weight excluding hydrogens is 212 g/mol. The van der Waals surface area contributed by atoms with E-state index in [0.29, 0.717) is 5.56 Å². The molecule has 0 saturated carbocycles. The molecule has 84 valence electrons. The summed E-state index contributed by atoms with van der Waals surface area (Å²) in [5.41, 5.74) is 6.02. The molecule has 0 bridgehead atoms. The van der Waals surface area contributed by atoms with Gasteiger partial charge in [0.05, 0.1) is 12.0 Å². The molecule has 1 aromatic carbocycles. The number of rotatable bonds is 3. The van der Waals surface area contributed by atoms with E-state index in [1.807, 2.05) is 0 Å². The van der Waals surface area contributed by atoms with Crippen LogP contribution in [0.25, 0.3) is 5.70 Å². The minimum absolute atomic E-state index is 0.0845. The Balaban J connectivity index is 3.05. The van der Waals surface area contributed by atoms with Crippen LogP contribution >= 0.6 is 0 Å². The van der Waals surface area contributed by atoms with Crippen molar-refractivity contribution in [3.05, 3.63) is 46.0 Å². The highest BCUT2D eigenvalue weighted by Crippen LogP contribution is 2.16. The number of nitrogens with two attached hydrogens (primary N) is 1. The minimum atomic E-state index is -0.607. The average molecular weight is 222 g/mol. The Morgan fingerprint density at radius 3 is 2.81 bits per heavy atom. The van der Waals surface area contributed by atoms with Gasteiger partial charge in [0.25, 0.3) is 5.69 Å². The van der Waals surface area contributed by atoms with Gasteiger partial charge in [-0.25, -0.2) is 4.79 Å². The fourth-order valence-electron chi connectivity index (χ4n) is 1.07. The molecule has 6 heteroatoms. The SMILES string of the molecule is COC(=O)/C=C(/N)c1cccc([N+](=O)[O-])c1. The molecule has 0 amide bonds. The molecule has 0 aliphatic carbocycles. The van der Waals surface area contributed by atoms with E-state index in [4.69, 9.17) is 5.73 Å². The Morgan fingerprint density at radius 1 is 1.56 bits per heavy atom. The van der Waals surface area contributed by atoms with Crippen LogP contribution in [0.15, 0.2) is 30.3 Å². The third-order valence-corrected chi connectivity index (χ3v) is 1.86. The smallest absolute Gasteiger partial charge is 0.332 e. The van der Waals surface area contributed by atoms with Gasteiger partial charge in [0.2, 0.25) is 0 Å². The number of nitrogens with zero attached hydrogens (tertiary/aromatic N) is 1. The van der Waals surface area contributed by atoms with Crippen molar-refractivity contribution in [1.82, 2.24) is 0 Å². The van der Waals surface area contributed by atoms with Crippen molar-refractivity contribution < 1.29 is 14.5 Å². The summed E-state index contributed by atoms with van der Waals surface area (Å²) in [6.45, 7) is 0. The lowest BCUT2D eigenvalue weighted by atomic mass is 10.1. The van der Waals surface area contributed by atoms with E-state index in [1.165, 1.54) is 25.3 Å². The number of nitro benzene ring substituents is 1. The molecular formula is C10H10N2O4. The van der Waals surface area contributed by atoms with Crippen molar-refractivity contribution in [3.8, 4) is 0 Å². The van der Waals surface area contributed by atoms with Crippen molar-refractivity contribution in [2.24, 2.45) is 5.73 Å². The summed E-state index contributed by atoms with van der Waals surface area (Å²) in [4.78, 5) is 20.9. The molecule has 0 unspecified atom stereocenters. The first-order chi connectivity index (χ1) is 7.54. The normalized spacial score (nSPS) is 10.9. The standard InChI is InChI=1S/C10H10N2O4/c1-16-10(13)6-9(11)7-3-2-4-8(5-7)12(14)15/h2-6H,11H2,1H3/b9-6+. The van der Waals surface area contributed by atoms with E-state index in [-0.39, 0.29) is 11.4 Å². The zero-order valence-electron chi connectivity index (χ0n) is 8.54. The zero-order valence-corrected chi connectivity index (χ0v) is 8.54. The first-order valence-corrected chi connectivity index (χ1v) is 4.34. The summed E-state index contributed by atoms with van der Waals surface area (Å²) >= 11 is 0. The van der Waals surface area contributed by atoms with E-state index in [2.05, 4.69) is 4.74 Å². The van der Waals surface area contributed by atoms with Crippen molar-refractivity contribution in [1.29, 1.82) is 0 Å². The van der Waals surface area contributed by atoms with Crippen molar-refractivity contribution in [2.75, 3.05) is 7.11 Å². The van der Waals surface area contributed by atoms with Crippen LogP contribution < -0.4 is 5.73 Å². The predicted molar refractivity (Wildman–Crippen MR) is 57.3 cm³/mol. The second-order valence-electron chi connectivity index (χ2n) is 2.93. The number of benzene rings is 1. The Bertz CT molecular complexity index is 454. The molecule has 0 heterocycles. The van der Waals surface area contributed by atoms with Crippen LogP contribution in [0.4, 0.5) is 5.69 Å². The van der Waals surface area contributed by atoms with Gasteiger partial charge < -0.3 is 10.5 Å². The fourth-order valence-corrected chi connectivity index (χ4v) is 1.07. The highest BCUT2D eigenvalue weighted by Gasteiger charge is 2.07. The lowest BCUT2D eigenvalue weighted by Crippen LogP contribution is -2.03. The number of hydrogen-bond acceptors (Lipinski definition) is 5. The number of nitro groups is 1. The topological polar surface area (TPSA) is 95.5 Å². The molecule has 0 aromatic heterocycles. The summed E-state index contributed by atoms with van der Waals surface area (Å²) < 4.78 is 4.39. The third kappa shape index (κ3) is 2.81. The maximum atomic E-state index is 10.9. The maximum Gasteiger partial charge on any atom is 0.332 e. The van der Waals surface area contributed by atoms with Crippen molar-refractivity contribution in [2.45, 2.75) is 0 Å². The molecule has 2 N–H and O–H groups in total. The third-order valence-electron chi connectivity index (χ3n) is 1.86. The molecule has 0 radical (unpaired) electrons. The lowest BCUT2D eigenvalue weighted by molar-refractivity contribution is -0.384. The molecule has 0 spiro atoms. The largest absolute Gasteiger partial charge is 0.466 e. The molecule has 0 fully saturated rings. The van der Waals surface area contributed by atoms with Gasteiger partial charge in [-0.15, -0.1) is 0 Å². The number of carbonyl (C=O) groups excluding carboxylic acids is 1. The number of methoxy groups -OCH3 is 1. The van der Waals surface area contributed by atoms with Crippen LogP contribution in [-0.2, 0) is 9.53 Å². The molecule has 1 aromatic rings. The zero-order chi connectivity index (χ0) is 12.1. The van der Waals surface area contributed by atoms with Gasteiger partial charge in [0.1, 0.15) is 0 Å². The summed E-state index contributed by atoms with van der Waals surface area (Å²) in [6.07, 6.45) is 1.07. The maximum absolute atomic E-state index is 10.9. The van der Waals surface area contributed by atoms with Crippen LogP contribution in [0.1, 0.15) is 5.56 Å². The number of hydrogen-bond donors (Lipinski definition) is 1. The molecule has 0 aliphatic rings. The van der Waals surface area contributed by atoms with E-state index in [9.17, 15) is 14.9 Å². The van der Waals surface area contributed by atoms with E-state index in [0.717, 1.165) is 6.08 Å². The van der Waals surface area contributed by atoms with Gasteiger partial charge in [0, 0.05) is 29.5 Å². The van der Waals surface area contributed by atoms with Crippen LogP contribution in [-0.4, -0.2) is 18.0 Å². The average Bonchev–Trinajstić information content (AvgIpc) is 2.28. The van der Waals surface area contributed by atoms with Gasteiger partial charge in [-0.05, 0) is 0 Å². The lowest BCUT2D eigenvalue weighted by Gasteiger charge is -2.00. The van der Waals surface area contributed by atoms with Crippen LogP contribution in [0.2, 0.25) is 0 Å². The Kier molecular flexibility index (Phi) is 3.60. The van der Waals surface area contributed by atoms with Crippen LogP contribution in [0.5, 0.6) is 0 Å². The number of carbonyl (C=O) groups is 1. The summed E-state index contributed by atoms with van der Waals surface area (Å²) in [5.74, 6) is -0.607. The highest BCUT2D eigenvalue weighted by atomic mass is 16.6. The second kappa shape index (κ2) is 4.92. The highest BCUT2D eigenvalue weighted by molar-refractivity contribution is 5.90. The van der Waals surface area contributed by atoms with E-state index < -0.39 is 10.9 Å². The predicted octanol–water partition coefficient (Wildman–Crippen LogP) is 1.07. The molecule has 0 atom stereocenters. The Morgan fingerprint density at radius 2 is 2.25 bits per heavy atom. The molecule has 0 saturated heterocycles. The second-order valence-corrected chi connectivity index (χ2v) is 2.93. The van der Waals surface area contributed by atoms with Crippen LogP contribution in [0, 0.1) is 10.1 Å². The van der Waals surface area contributed by atoms with Gasteiger partial charge >= 0.3 is 5.97 Å². The van der Waals surface area contributed by atoms with Crippen molar-refractivity contribution in [3.63, 3.8) is 0 Å². The van der Waals surface area contributed by atoms with Gasteiger partial charge in [-0.3, -0.25) is 10.1 Å². The van der Waals surface area contributed by atoms with Crippen molar-refractivity contribution >= 4 is 17.4 Å². The summed E-state index contributed by atoms with van der Waals surface area (Å²) in [7, 11) is 1.22. The minimum Gasteiger partial charge on any atom is -0.466 e. The van der Waals surface area contributed by atoms with E-state index >= 15 is 0 Å². The Hall–Kier alpha value is -2.37. The van der Waals surface area contributed by atoms with Crippen LogP contribution in [0.3, 0.4) is 0 Å². The van der Waals surface area contributed by atoms with Gasteiger partial charge in [0.15, 0.2) is 0 Å². The van der Waals surface area contributed by atoms with Gasteiger partial charge in [-0.1, -0.05) is 12.1 Å². The summed E-state index contributed by atoms with van der Waals surface area (Å²) in [6, 6.07) is 5.69. The number of esters is 1. The van der Waals surface area contributed by atoms with Gasteiger partial charge in [-0.2, -0.15) is 0 Å². The quantitative estimate of drug-likeness (QED) is 0.357. The Labute approximate surface area is 91.5 Å².